The molecule has 0 fully saturated rings. The van der Waals surface area contributed by atoms with Gasteiger partial charge in [-0.3, -0.25) is 4.98 Å². The fourth-order valence-electron chi connectivity index (χ4n) is 4.41. The van der Waals surface area contributed by atoms with Gasteiger partial charge in [-0.2, -0.15) is 0 Å². The Morgan fingerprint density at radius 2 is 1.38 bits per heavy atom. The van der Waals surface area contributed by atoms with Crippen molar-refractivity contribution in [3.63, 3.8) is 0 Å². The van der Waals surface area contributed by atoms with Gasteiger partial charge in [0.2, 0.25) is 0 Å². The van der Waals surface area contributed by atoms with Crippen LogP contribution in [0.25, 0.3) is 54.0 Å². The predicted molar refractivity (Wildman–Crippen MR) is 111 cm³/mol. The number of pyridine rings is 1. The molecule has 0 saturated heterocycles. The van der Waals surface area contributed by atoms with Crippen molar-refractivity contribution < 1.29 is 0 Å². The molecule has 122 valence electrons. The van der Waals surface area contributed by atoms with E-state index in [-0.39, 0.29) is 0 Å². The maximum Gasteiger partial charge on any atom is 0.0802 e. The summed E-state index contributed by atoms with van der Waals surface area (Å²) in [5.41, 5.74) is 1.08. The molecule has 6 rings (SSSR count). The summed E-state index contributed by atoms with van der Waals surface area (Å²) < 4.78 is 2.14. The highest BCUT2D eigenvalue weighted by Gasteiger charge is 2.14. The smallest absolute Gasteiger partial charge is 0.0802 e. The van der Waals surface area contributed by atoms with Gasteiger partial charge in [0.15, 0.2) is 0 Å². The molecule has 2 heteroatoms. The molecule has 0 amide bonds. The molecule has 4 aromatic carbocycles. The third kappa shape index (κ3) is 1.68. The zero-order valence-electron chi connectivity index (χ0n) is 14.4. The van der Waals surface area contributed by atoms with Gasteiger partial charge >= 0.3 is 0 Å². The lowest BCUT2D eigenvalue weighted by Crippen LogP contribution is -1.86. The molecular formula is C24H16N2. The van der Waals surface area contributed by atoms with Crippen LogP contribution in [0.15, 0.2) is 79.3 Å². The van der Waals surface area contributed by atoms with Crippen LogP contribution in [0.4, 0.5) is 0 Å². The van der Waals surface area contributed by atoms with Crippen LogP contribution in [0.2, 0.25) is 0 Å². The second-order valence-electron chi connectivity index (χ2n) is 7.02. The van der Waals surface area contributed by atoms with Gasteiger partial charge in [0, 0.05) is 47.2 Å². The minimum Gasteiger partial charge on any atom is -0.356 e. The number of aromatic nitrogens is 2. The van der Waals surface area contributed by atoms with Gasteiger partial charge in [-0.25, -0.2) is 0 Å². The fourth-order valence-corrected chi connectivity index (χ4v) is 4.41. The number of aryl methyl sites for hydroxylation is 1. The maximum absolute atomic E-state index is 4.70. The molecular weight excluding hydrogens is 316 g/mol. The second kappa shape index (κ2) is 4.83. The zero-order chi connectivity index (χ0) is 17.3. The van der Waals surface area contributed by atoms with E-state index >= 15 is 0 Å². The summed E-state index contributed by atoms with van der Waals surface area (Å²) in [7, 11) is 2.09. The highest BCUT2D eigenvalue weighted by molar-refractivity contribution is 6.34. The van der Waals surface area contributed by atoms with Gasteiger partial charge in [-0.15, -0.1) is 0 Å². The number of fused-ring (bicyclic) bond motifs is 10. The Balaban J connectivity index is 2.05. The number of hydrogen-bond acceptors (Lipinski definition) is 1. The van der Waals surface area contributed by atoms with Crippen molar-refractivity contribution >= 4 is 54.0 Å². The fraction of sp³-hybridized carbons (Fsp3) is 0.0417. The standard InChI is InChI=1S/C24H16N2/c1-26-13-20-21(14-26)24-19(7-4-12-25-24)18-11-10-16-9-8-15-5-2-3-6-17(15)22(16)23(18)20/h2-14H,1H3. The van der Waals surface area contributed by atoms with Crippen molar-refractivity contribution in [1.82, 2.24) is 9.55 Å². The third-order valence-electron chi connectivity index (χ3n) is 5.49. The summed E-state index contributed by atoms with van der Waals surface area (Å²) in [4.78, 5) is 4.70. The maximum atomic E-state index is 4.70. The van der Waals surface area contributed by atoms with Crippen LogP contribution in [0.5, 0.6) is 0 Å². The van der Waals surface area contributed by atoms with Crippen LogP contribution in [-0.2, 0) is 7.05 Å². The van der Waals surface area contributed by atoms with Crippen molar-refractivity contribution in [2.75, 3.05) is 0 Å². The molecule has 0 radical (unpaired) electrons. The summed E-state index contributed by atoms with van der Waals surface area (Å²) in [6, 6.07) is 21.8. The molecule has 2 nitrogen and oxygen atoms in total. The first-order valence-corrected chi connectivity index (χ1v) is 8.88. The third-order valence-corrected chi connectivity index (χ3v) is 5.49. The molecule has 6 aromatic rings. The van der Waals surface area contributed by atoms with Gasteiger partial charge in [0.25, 0.3) is 0 Å². The van der Waals surface area contributed by atoms with E-state index in [2.05, 4.69) is 78.6 Å². The highest BCUT2D eigenvalue weighted by atomic mass is 14.9. The molecule has 26 heavy (non-hydrogen) atoms. The van der Waals surface area contributed by atoms with Crippen LogP contribution < -0.4 is 0 Å². The Kier molecular flexibility index (Phi) is 2.57. The van der Waals surface area contributed by atoms with E-state index < -0.39 is 0 Å². The zero-order valence-corrected chi connectivity index (χ0v) is 14.4. The van der Waals surface area contributed by atoms with Crippen molar-refractivity contribution in [2.45, 2.75) is 0 Å². The topological polar surface area (TPSA) is 17.8 Å². The van der Waals surface area contributed by atoms with Gasteiger partial charge in [-0.05, 0) is 33.0 Å². The van der Waals surface area contributed by atoms with Crippen molar-refractivity contribution in [1.29, 1.82) is 0 Å². The monoisotopic (exact) mass is 332 g/mol. The summed E-state index contributed by atoms with van der Waals surface area (Å²) in [6.07, 6.45) is 6.30. The Morgan fingerprint density at radius 3 is 2.35 bits per heavy atom. The number of benzene rings is 4. The van der Waals surface area contributed by atoms with E-state index in [9.17, 15) is 0 Å². The van der Waals surface area contributed by atoms with Crippen LogP contribution >= 0.6 is 0 Å². The normalized spacial score (nSPS) is 12.0. The molecule has 0 aliphatic carbocycles. The highest BCUT2D eigenvalue weighted by Crippen LogP contribution is 2.40. The molecule has 0 atom stereocenters. The Morgan fingerprint density at radius 1 is 0.615 bits per heavy atom. The van der Waals surface area contributed by atoms with Gasteiger partial charge < -0.3 is 4.57 Å². The first-order chi connectivity index (χ1) is 12.8. The molecule has 0 saturated carbocycles. The number of rotatable bonds is 0. The molecule has 0 spiro atoms. The SMILES string of the molecule is Cn1cc2c(c1)c1c(ccc3ccc4ccccc4c31)c1cccnc12. The minimum atomic E-state index is 1.08. The summed E-state index contributed by atoms with van der Waals surface area (Å²) in [5.74, 6) is 0. The largest absolute Gasteiger partial charge is 0.356 e. The Bertz CT molecular complexity index is 1490. The molecule has 0 aliphatic rings. The van der Waals surface area contributed by atoms with E-state index in [1.54, 1.807) is 0 Å². The molecule has 0 bridgehead atoms. The van der Waals surface area contributed by atoms with E-state index in [0.29, 0.717) is 0 Å². The van der Waals surface area contributed by atoms with Gasteiger partial charge in [0.1, 0.15) is 0 Å². The lowest BCUT2D eigenvalue weighted by atomic mass is 9.92. The van der Waals surface area contributed by atoms with E-state index in [1.807, 2.05) is 12.3 Å². The van der Waals surface area contributed by atoms with E-state index in [1.165, 1.54) is 48.5 Å². The van der Waals surface area contributed by atoms with Crippen LogP contribution in [-0.4, -0.2) is 9.55 Å². The van der Waals surface area contributed by atoms with Crippen LogP contribution in [0.3, 0.4) is 0 Å². The lowest BCUT2D eigenvalue weighted by Gasteiger charge is -2.12. The molecule has 0 aliphatic heterocycles. The second-order valence-corrected chi connectivity index (χ2v) is 7.02. The predicted octanol–water partition coefficient (Wildman–Crippen LogP) is 6.19. The van der Waals surface area contributed by atoms with Crippen molar-refractivity contribution in [2.24, 2.45) is 7.05 Å². The summed E-state index contributed by atoms with van der Waals surface area (Å²) in [6.45, 7) is 0. The summed E-state index contributed by atoms with van der Waals surface area (Å²) in [5, 5.41) is 11.5. The van der Waals surface area contributed by atoms with Crippen LogP contribution in [0.1, 0.15) is 0 Å². The number of nitrogens with zero attached hydrogens (tertiary/aromatic N) is 2. The van der Waals surface area contributed by atoms with Gasteiger partial charge in [-0.1, -0.05) is 54.6 Å². The summed E-state index contributed by atoms with van der Waals surface area (Å²) >= 11 is 0. The van der Waals surface area contributed by atoms with E-state index in [4.69, 9.17) is 4.98 Å². The minimum absolute atomic E-state index is 1.08. The molecule has 0 N–H and O–H groups in total. The quantitative estimate of drug-likeness (QED) is 0.303. The Labute approximate surface area is 150 Å². The van der Waals surface area contributed by atoms with Crippen LogP contribution in [0, 0.1) is 0 Å². The van der Waals surface area contributed by atoms with Gasteiger partial charge in [0.05, 0.1) is 5.52 Å². The lowest BCUT2D eigenvalue weighted by molar-refractivity contribution is 0.934. The van der Waals surface area contributed by atoms with Crippen molar-refractivity contribution in [3.05, 3.63) is 79.3 Å². The van der Waals surface area contributed by atoms with E-state index in [0.717, 1.165) is 5.52 Å². The first-order valence-electron chi connectivity index (χ1n) is 8.88. The first kappa shape index (κ1) is 13.9. The molecule has 0 unspecified atom stereocenters. The number of hydrogen-bond donors (Lipinski definition) is 0. The average Bonchev–Trinajstić information content (AvgIpc) is 3.09. The average molecular weight is 332 g/mol. The van der Waals surface area contributed by atoms with Crippen molar-refractivity contribution in [3.8, 4) is 0 Å². The molecule has 2 aromatic heterocycles. The molecule has 2 heterocycles. The Hall–Kier alpha value is -3.39.